The molecular formula is C14H29NO9. The molecule has 0 aromatic carbocycles. The van der Waals surface area contributed by atoms with Gasteiger partial charge in [-0.1, -0.05) is 0 Å². The van der Waals surface area contributed by atoms with Gasteiger partial charge in [-0.2, -0.15) is 0 Å². The van der Waals surface area contributed by atoms with Crippen LogP contribution in [0.5, 0.6) is 0 Å². The molecule has 0 aromatic heterocycles. The number of aliphatic hydroxyl groups excluding tert-OH is 3. The Kier molecular flexibility index (Phi) is 11.8. The molecule has 0 radical (unpaired) electrons. The van der Waals surface area contributed by atoms with Crippen LogP contribution in [-0.4, -0.2) is 80.6 Å². The number of carbonyl (C=O) groups is 1. The second-order valence-corrected chi connectivity index (χ2v) is 6.10. The molecule has 0 bridgehead atoms. The van der Waals surface area contributed by atoms with Crippen LogP contribution in [0, 0.1) is 5.41 Å². The monoisotopic (exact) mass is 355 g/mol. The van der Waals surface area contributed by atoms with E-state index in [9.17, 15) is 4.79 Å². The second kappa shape index (κ2) is 12.4. The number of aliphatic hydroxyl groups is 3. The maximum absolute atomic E-state index is 11.5. The lowest BCUT2D eigenvalue weighted by molar-refractivity contribution is -0.154. The molecule has 0 spiro atoms. The zero-order chi connectivity index (χ0) is 18.5. The van der Waals surface area contributed by atoms with E-state index in [2.05, 4.69) is 5.32 Å². The lowest BCUT2D eigenvalue weighted by Gasteiger charge is -2.32. The summed E-state index contributed by atoms with van der Waals surface area (Å²) < 4.78 is 25.4. The predicted octanol–water partition coefficient (Wildman–Crippen LogP) is -0.629. The van der Waals surface area contributed by atoms with Crippen molar-refractivity contribution in [1.29, 1.82) is 0 Å². The molecule has 0 aliphatic rings. The Morgan fingerprint density at radius 1 is 0.833 bits per heavy atom. The van der Waals surface area contributed by atoms with Gasteiger partial charge in [-0.3, -0.25) is 5.32 Å². The fourth-order valence-electron chi connectivity index (χ4n) is 1.73. The summed E-state index contributed by atoms with van der Waals surface area (Å²) in [5.41, 5.74) is -1.50. The Morgan fingerprint density at radius 3 is 1.62 bits per heavy atom. The van der Waals surface area contributed by atoms with Gasteiger partial charge in [0.1, 0.15) is 32.7 Å². The molecule has 0 saturated heterocycles. The van der Waals surface area contributed by atoms with Crippen LogP contribution < -0.4 is 5.32 Å². The Bertz CT molecular complexity index is 311. The zero-order valence-corrected chi connectivity index (χ0v) is 14.4. The zero-order valence-electron chi connectivity index (χ0n) is 14.4. The highest BCUT2D eigenvalue weighted by Gasteiger charge is 2.32. The molecule has 0 saturated carbocycles. The Morgan fingerprint density at radius 2 is 1.25 bits per heavy atom. The minimum absolute atomic E-state index is 0.00403. The van der Waals surface area contributed by atoms with Crippen molar-refractivity contribution in [2.45, 2.75) is 26.4 Å². The lowest BCUT2D eigenvalue weighted by atomic mass is 9.92. The van der Waals surface area contributed by atoms with Crippen molar-refractivity contribution in [2.24, 2.45) is 5.41 Å². The van der Waals surface area contributed by atoms with E-state index < -0.39 is 37.5 Å². The number of carbonyl (C=O) groups excluding carboxylic acids is 1. The van der Waals surface area contributed by atoms with Gasteiger partial charge in [0.25, 0.3) is 0 Å². The summed E-state index contributed by atoms with van der Waals surface area (Å²) in [6.07, 6.45) is -0.627. The van der Waals surface area contributed by atoms with Crippen LogP contribution in [0.1, 0.15) is 20.8 Å². The number of alkyl carbamates (subject to hydrolysis) is 1. The molecule has 10 heteroatoms. The lowest BCUT2D eigenvalue weighted by Crippen LogP contribution is -2.43. The van der Waals surface area contributed by atoms with Crippen molar-refractivity contribution in [1.82, 2.24) is 5.32 Å². The van der Waals surface area contributed by atoms with Gasteiger partial charge in [0.05, 0.1) is 31.8 Å². The molecule has 24 heavy (non-hydrogen) atoms. The van der Waals surface area contributed by atoms with Crippen LogP contribution >= 0.6 is 0 Å². The number of nitrogens with one attached hydrogen (secondary N) is 1. The molecule has 0 fully saturated rings. The summed E-state index contributed by atoms with van der Waals surface area (Å²) in [4.78, 5) is 11.5. The molecule has 0 unspecified atom stereocenters. The van der Waals surface area contributed by atoms with Gasteiger partial charge >= 0.3 is 6.09 Å². The summed E-state index contributed by atoms with van der Waals surface area (Å²) in [5.74, 6) is 0. The van der Waals surface area contributed by atoms with E-state index in [1.807, 2.05) is 0 Å². The molecule has 0 aromatic rings. The fraction of sp³-hybridized carbons (Fsp3) is 0.929. The highest BCUT2D eigenvalue weighted by atomic mass is 16.6. The smallest absolute Gasteiger partial charge is 0.409 e. The molecule has 144 valence electrons. The highest BCUT2D eigenvalue weighted by molar-refractivity contribution is 5.67. The summed E-state index contributed by atoms with van der Waals surface area (Å²) in [6, 6.07) is 0. The molecule has 0 aliphatic carbocycles. The number of ether oxygens (including phenoxy) is 5. The van der Waals surface area contributed by atoms with Crippen LogP contribution in [0.2, 0.25) is 0 Å². The van der Waals surface area contributed by atoms with Crippen molar-refractivity contribution in [3.8, 4) is 0 Å². The van der Waals surface area contributed by atoms with Gasteiger partial charge in [-0.25, -0.2) is 4.79 Å². The van der Waals surface area contributed by atoms with E-state index in [4.69, 9.17) is 39.0 Å². The first-order valence-corrected chi connectivity index (χ1v) is 7.39. The topological polar surface area (TPSA) is 136 Å². The average Bonchev–Trinajstić information content (AvgIpc) is 2.50. The van der Waals surface area contributed by atoms with Crippen molar-refractivity contribution < 1.29 is 43.8 Å². The van der Waals surface area contributed by atoms with Gasteiger partial charge in [-0.15, -0.1) is 0 Å². The Balaban J connectivity index is 4.47. The maximum atomic E-state index is 11.5. The maximum Gasteiger partial charge on any atom is 0.409 e. The minimum atomic E-state index is -0.885. The van der Waals surface area contributed by atoms with Gasteiger partial charge in [-0.05, 0) is 20.8 Å². The number of rotatable bonds is 13. The van der Waals surface area contributed by atoms with Gasteiger partial charge in [0.2, 0.25) is 0 Å². The molecular weight excluding hydrogens is 326 g/mol. The Hall–Kier alpha value is -1.01. The normalized spacial score (nSPS) is 12.2. The molecule has 0 aliphatic heterocycles. The van der Waals surface area contributed by atoms with Gasteiger partial charge < -0.3 is 39.0 Å². The predicted molar refractivity (Wildman–Crippen MR) is 81.7 cm³/mol. The summed E-state index contributed by atoms with van der Waals surface area (Å²) >= 11 is 0. The quantitative estimate of drug-likeness (QED) is 0.251. The third-order valence-corrected chi connectivity index (χ3v) is 2.62. The number of hydrogen-bond donors (Lipinski definition) is 4. The molecule has 0 rings (SSSR count). The largest absolute Gasteiger partial charge is 0.444 e. The van der Waals surface area contributed by atoms with E-state index >= 15 is 0 Å². The molecule has 0 heterocycles. The number of amides is 1. The van der Waals surface area contributed by atoms with Crippen LogP contribution in [0.15, 0.2) is 0 Å². The first-order valence-electron chi connectivity index (χ1n) is 7.39. The van der Waals surface area contributed by atoms with Crippen LogP contribution in [-0.2, 0) is 23.7 Å². The molecule has 4 N–H and O–H groups in total. The fourth-order valence-corrected chi connectivity index (χ4v) is 1.73. The average molecular weight is 355 g/mol. The highest BCUT2D eigenvalue weighted by Crippen LogP contribution is 2.20. The molecule has 1 amide bonds. The summed E-state index contributed by atoms with van der Waals surface area (Å²) in [7, 11) is 0. The van der Waals surface area contributed by atoms with Crippen molar-refractivity contribution >= 4 is 6.09 Å². The molecule has 10 nitrogen and oxygen atoms in total. The summed E-state index contributed by atoms with van der Waals surface area (Å²) in [6.45, 7) is 3.54. The van der Waals surface area contributed by atoms with Crippen LogP contribution in [0.4, 0.5) is 4.79 Å². The SMILES string of the molecule is CC(C)(C)OC(=O)NCOCC(COCO)(COCO)COCO. The third-order valence-electron chi connectivity index (χ3n) is 2.62. The summed E-state index contributed by atoms with van der Waals surface area (Å²) in [5, 5.41) is 28.9. The Labute approximate surface area is 141 Å². The van der Waals surface area contributed by atoms with E-state index in [1.165, 1.54) is 0 Å². The molecule has 0 atom stereocenters. The first kappa shape index (κ1) is 23.0. The van der Waals surface area contributed by atoms with E-state index in [0.29, 0.717) is 0 Å². The van der Waals surface area contributed by atoms with Crippen molar-refractivity contribution in [3.05, 3.63) is 0 Å². The van der Waals surface area contributed by atoms with Crippen molar-refractivity contribution in [3.63, 3.8) is 0 Å². The first-order chi connectivity index (χ1) is 11.3. The van der Waals surface area contributed by atoms with Gasteiger partial charge in [0.15, 0.2) is 0 Å². The second-order valence-electron chi connectivity index (χ2n) is 6.10. The van der Waals surface area contributed by atoms with Gasteiger partial charge in [0, 0.05) is 0 Å². The standard InChI is InChI=1S/C14H29NO9/c1-13(2,3)24-12(19)15-8-20-4-14(5-21-9-16,6-22-10-17)7-23-11-18/h16-18H,4-11H2,1-3H3,(H,15,19). The van der Waals surface area contributed by atoms with E-state index in [0.717, 1.165) is 0 Å². The van der Waals surface area contributed by atoms with E-state index in [1.54, 1.807) is 20.8 Å². The van der Waals surface area contributed by atoms with Crippen LogP contribution in [0.25, 0.3) is 0 Å². The van der Waals surface area contributed by atoms with E-state index in [-0.39, 0.29) is 33.2 Å². The number of hydrogen-bond acceptors (Lipinski definition) is 9. The van der Waals surface area contributed by atoms with Crippen LogP contribution in [0.3, 0.4) is 0 Å². The third kappa shape index (κ3) is 11.5. The minimum Gasteiger partial charge on any atom is -0.444 e. The van der Waals surface area contributed by atoms with Crippen molar-refractivity contribution in [2.75, 3.05) is 53.5 Å².